The number of rotatable bonds is 1. The van der Waals surface area contributed by atoms with Gasteiger partial charge in [0.15, 0.2) is 0 Å². The summed E-state index contributed by atoms with van der Waals surface area (Å²) in [6.07, 6.45) is 2.81. The van der Waals surface area contributed by atoms with E-state index in [1.165, 1.54) is 18.4 Å². The minimum Gasteiger partial charge on any atom is -0.376 e. The number of fused-ring (bicyclic) bond motifs is 1. The maximum absolute atomic E-state index is 5.61. The lowest BCUT2D eigenvalue weighted by molar-refractivity contribution is 0.0855. The van der Waals surface area contributed by atoms with Gasteiger partial charge in [0, 0.05) is 5.92 Å². The molecule has 1 unspecified atom stereocenters. The predicted molar refractivity (Wildman–Crippen MR) is 51.6 cm³/mol. The van der Waals surface area contributed by atoms with Crippen LogP contribution in [0.25, 0.3) is 0 Å². The number of benzene rings is 1. The average molecular weight is 174 g/mol. The van der Waals surface area contributed by atoms with E-state index in [1.807, 2.05) is 0 Å². The van der Waals surface area contributed by atoms with Gasteiger partial charge in [-0.3, -0.25) is 0 Å². The molecule has 1 nitrogen and oxygen atoms in total. The molecule has 1 heteroatoms. The van der Waals surface area contributed by atoms with Crippen LogP contribution in [0.15, 0.2) is 24.3 Å². The molecule has 0 saturated heterocycles. The summed E-state index contributed by atoms with van der Waals surface area (Å²) in [5, 5.41) is 0. The van der Waals surface area contributed by atoms with E-state index in [9.17, 15) is 0 Å². The van der Waals surface area contributed by atoms with E-state index >= 15 is 0 Å². The molecule has 1 atom stereocenters. The van der Waals surface area contributed by atoms with Crippen molar-refractivity contribution in [3.63, 3.8) is 0 Å². The van der Waals surface area contributed by atoms with Crippen LogP contribution in [0.5, 0.6) is 0 Å². The Balaban J connectivity index is 2.00. The molecule has 68 valence electrons. The smallest absolute Gasteiger partial charge is 0.0719 e. The van der Waals surface area contributed by atoms with Gasteiger partial charge in [0.25, 0.3) is 0 Å². The third kappa shape index (κ3) is 1.28. The van der Waals surface area contributed by atoms with E-state index in [2.05, 4.69) is 24.3 Å². The van der Waals surface area contributed by atoms with Crippen molar-refractivity contribution in [2.75, 3.05) is 6.61 Å². The van der Waals surface area contributed by atoms with Gasteiger partial charge < -0.3 is 4.74 Å². The van der Waals surface area contributed by atoms with Crippen LogP contribution < -0.4 is 0 Å². The second kappa shape index (κ2) is 2.85. The molecule has 0 spiro atoms. The first-order chi connectivity index (χ1) is 6.45. The molecule has 2 aliphatic rings. The highest BCUT2D eigenvalue weighted by molar-refractivity contribution is 5.32. The first-order valence-corrected chi connectivity index (χ1v) is 5.11. The standard InChI is InChI=1S/C12H14O/c1-2-4-11-10(3-1)7-13-8-12(11)9-5-6-9/h1-4,9,12H,5-8H2. The molecule has 1 aliphatic heterocycles. The molecule has 13 heavy (non-hydrogen) atoms. The molecule has 0 aromatic heterocycles. The molecule has 0 radical (unpaired) electrons. The Hall–Kier alpha value is -0.820. The fraction of sp³-hybridized carbons (Fsp3) is 0.500. The van der Waals surface area contributed by atoms with Crippen molar-refractivity contribution >= 4 is 0 Å². The molecule has 1 aromatic carbocycles. The van der Waals surface area contributed by atoms with E-state index in [4.69, 9.17) is 4.74 Å². The fourth-order valence-corrected chi connectivity index (χ4v) is 2.30. The monoisotopic (exact) mass is 174 g/mol. The van der Waals surface area contributed by atoms with Crippen molar-refractivity contribution in [3.8, 4) is 0 Å². The highest BCUT2D eigenvalue weighted by atomic mass is 16.5. The van der Waals surface area contributed by atoms with Gasteiger partial charge in [-0.1, -0.05) is 24.3 Å². The lowest BCUT2D eigenvalue weighted by Gasteiger charge is -2.25. The van der Waals surface area contributed by atoms with E-state index in [-0.39, 0.29) is 0 Å². The van der Waals surface area contributed by atoms with Gasteiger partial charge in [-0.2, -0.15) is 0 Å². The van der Waals surface area contributed by atoms with Gasteiger partial charge in [0.05, 0.1) is 13.2 Å². The van der Waals surface area contributed by atoms with Crippen molar-refractivity contribution in [1.82, 2.24) is 0 Å². The molecule has 1 aromatic rings. The molecule has 0 N–H and O–H groups in total. The van der Waals surface area contributed by atoms with Gasteiger partial charge in [0.2, 0.25) is 0 Å². The highest BCUT2D eigenvalue weighted by Crippen LogP contribution is 2.45. The molecule has 1 saturated carbocycles. The van der Waals surface area contributed by atoms with Crippen molar-refractivity contribution in [2.24, 2.45) is 5.92 Å². The van der Waals surface area contributed by atoms with Gasteiger partial charge in [-0.15, -0.1) is 0 Å². The lowest BCUT2D eigenvalue weighted by atomic mass is 9.89. The van der Waals surface area contributed by atoms with Gasteiger partial charge >= 0.3 is 0 Å². The average Bonchev–Trinajstić information content (AvgIpc) is 3.00. The summed E-state index contributed by atoms with van der Waals surface area (Å²) in [5.74, 6) is 1.62. The topological polar surface area (TPSA) is 9.23 Å². The maximum Gasteiger partial charge on any atom is 0.0719 e. The van der Waals surface area contributed by atoms with Crippen LogP contribution in [0.3, 0.4) is 0 Å². The third-order valence-corrected chi connectivity index (χ3v) is 3.20. The lowest BCUT2D eigenvalue weighted by Crippen LogP contribution is -2.17. The van der Waals surface area contributed by atoms with Crippen molar-refractivity contribution in [1.29, 1.82) is 0 Å². The van der Waals surface area contributed by atoms with Gasteiger partial charge in [-0.05, 0) is 29.9 Å². The summed E-state index contributed by atoms with van der Waals surface area (Å²) in [5.41, 5.74) is 2.96. The van der Waals surface area contributed by atoms with Crippen molar-refractivity contribution in [3.05, 3.63) is 35.4 Å². The van der Waals surface area contributed by atoms with Crippen molar-refractivity contribution in [2.45, 2.75) is 25.4 Å². The van der Waals surface area contributed by atoms with E-state index < -0.39 is 0 Å². The summed E-state index contributed by atoms with van der Waals surface area (Å²) in [6.45, 7) is 1.76. The third-order valence-electron chi connectivity index (χ3n) is 3.20. The zero-order valence-corrected chi connectivity index (χ0v) is 7.70. The number of hydrogen-bond acceptors (Lipinski definition) is 1. The maximum atomic E-state index is 5.61. The largest absolute Gasteiger partial charge is 0.376 e. The number of ether oxygens (including phenoxy) is 1. The van der Waals surface area contributed by atoms with E-state index in [0.717, 1.165) is 19.1 Å². The Morgan fingerprint density at radius 2 is 2.00 bits per heavy atom. The van der Waals surface area contributed by atoms with Crippen molar-refractivity contribution < 1.29 is 4.74 Å². The Morgan fingerprint density at radius 3 is 2.85 bits per heavy atom. The zero-order chi connectivity index (χ0) is 8.67. The minimum absolute atomic E-state index is 0.699. The predicted octanol–water partition coefficient (Wildman–Crippen LogP) is 2.71. The van der Waals surface area contributed by atoms with Gasteiger partial charge in [0.1, 0.15) is 0 Å². The summed E-state index contributed by atoms with van der Waals surface area (Å²) in [6, 6.07) is 8.74. The Kier molecular flexibility index (Phi) is 1.66. The second-order valence-corrected chi connectivity index (χ2v) is 4.16. The molecule has 1 fully saturated rings. The molecule has 3 rings (SSSR count). The van der Waals surface area contributed by atoms with Crippen LogP contribution in [0.4, 0.5) is 0 Å². The Bertz CT molecular complexity index is 315. The minimum atomic E-state index is 0.699. The van der Waals surface area contributed by atoms with Crippen LogP contribution in [0.1, 0.15) is 29.9 Å². The summed E-state index contributed by atoms with van der Waals surface area (Å²) in [4.78, 5) is 0. The Morgan fingerprint density at radius 1 is 1.15 bits per heavy atom. The summed E-state index contributed by atoms with van der Waals surface area (Å²) >= 11 is 0. The zero-order valence-electron chi connectivity index (χ0n) is 7.70. The first kappa shape index (κ1) is 7.57. The van der Waals surface area contributed by atoms with E-state index in [0.29, 0.717) is 5.92 Å². The van der Waals surface area contributed by atoms with Crippen LogP contribution in [-0.4, -0.2) is 6.61 Å². The van der Waals surface area contributed by atoms with Crippen LogP contribution in [0.2, 0.25) is 0 Å². The van der Waals surface area contributed by atoms with Crippen LogP contribution in [0, 0.1) is 5.92 Å². The van der Waals surface area contributed by atoms with Gasteiger partial charge in [-0.25, -0.2) is 0 Å². The summed E-state index contributed by atoms with van der Waals surface area (Å²) < 4.78 is 5.61. The molecular formula is C12H14O. The highest BCUT2D eigenvalue weighted by Gasteiger charge is 2.35. The first-order valence-electron chi connectivity index (χ1n) is 5.11. The normalized spacial score (nSPS) is 26.9. The quantitative estimate of drug-likeness (QED) is 0.636. The van der Waals surface area contributed by atoms with Crippen LogP contribution in [-0.2, 0) is 11.3 Å². The SMILES string of the molecule is c1ccc2c(c1)COCC2C1CC1. The molecular weight excluding hydrogens is 160 g/mol. The number of hydrogen-bond donors (Lipinski definition) is 0. The molecule has 1 heterocycles. The van der Waals surface area contributed by atoms with Crippen LogP contribution >= 0.6 is 0 Å². The molecule has 0 bridgehead atoms. The summed E-state index contributed by atoms with van der Waals surface area (Å²) in [7, 11) is 0. The molecule has 1 aliphatic carbocycles. The second-order valence-electron chi connectivity index (χ2n) is 4.16. The van der Waals surface area contributed by atoms with E-state index in [1.54, 1.807) is 5.56 Å². The molecule has 0 amide bonds. The Labute approximate surface area is 78.7 Å². The fourth-order valence-electron chi connectivity index (χ4n) is 2.30.